The first-order valence-corrected chi connectivity index (χ1v) is 10.7. The van der Waals surface area contributed by atoms with Gasteiger partial charge in [-0.3, -0.25) is 10.1 Å². The Hall–Kier alpha value is -3.10. The van der Waals surface area contributed by atoms with Crippen molar-refractivity contribution in [3.8, 4) is 5.69 Å². The van der Waals surface area contributed by atoms with Crippen molar-refractivity contribution in [2.45, 2.75) is 27.2 Å². The highest BCUT2D eigenvalue weighted by Crippen LogP contribution is 2.26. The van der Waals surface area contributed by atoms with E-state index in [9.17, 15) is 9.18 Å². The molecule has 0 fully saturated rings. The number of anilines is 1. The van der Waals surface area contributed by atoms with E-state index in [1.807, 2.05) is 19.9 Å². The Kier molecular flexibility index (Phi) is 5.84. The van der Waals surface area contributed by atoms with Crippen LogP contribution in [0, 0.1) is 26.6 Å². The molecule has 0 aliphatic carbocycles. The number of carbonyl (C=O) groups is 1. The van der Waals surface area contributed by atoms with Crippen LogP contribution in [0.15, 0.2) is 42.5 Å². The smallest absolute Gasteiger partial charge is 0.279 e. The molecule has 1 N–H and O–H groups in total. The second-order valence-electron chi connectivity index (χ2n) is 7.15. The van der Waals surface area contributed by atoms with E-state index in [0.29, 0.717) is 22.3 Å². The number of rotatable bonds is 5. The zero-order valence-electron chi connectivity index (χ0n) is 17.1. The number of aromatic nitrogens is 4. The third-order valence-electron chi connectivity index (χ3n) is 4.90. The molecule has 2 aromatic carbocycles. The minimum absolute atomic E-state index is 0.215. The molecule has 0 aliphatic rings. The monoisotopic (exact) mass is 455 g/mol. The first-order chi connectivity index (χ1) is 14.8. The van der Waals surface area contributed by atoms with Crippen LogP contribution in [-0.2, 0) is 6.42 Å². The molecule has 1 amide bonds. The van der Waals surface area contributed by atoms with Gasteiger partial charge >= 0.3 is 0 Å². The summed E-state index contributed by atoms with van der Waals surface area (Å²) in [7, 11) is 0. The van der Waals surface area contributed by atoms with Crippen LogP contribution < -0.4 is 5.32 Å². The molecule has 0 saturated heterocycles. The predicted molar refractivity (Wildman–Crippen MR) is 120 cm³/mol. The summed E-state index contributed by atoms with van der Waals surface area (Å²) in [5, 5.41) is 12.1. The fourth-order valence-electron chi connectivity index (χ4n) is 3.17. The van der Waals surface area contributed by atoms with Crippen LogP contribution in [0.4, 0.5) is 9.52 Å². The fraction of sp³-hybridized carbons (Fsp3) is 0.182. The first kappa shape index (κ1) is 21.1. The van der Waals surface area contributed by atoms with Crippen molar-refractivity contribution < 1.29 is 9.18 Å². The Morgan fingerprint density at radius 2 is 1.90 bits per heavy atom. The lowest BCUT2D eigenvalue weighted by molar-refractivity contribution is 0.102. The summed E-state index contributed by atoms with van der Waals surface area (Å²) >= 11 is 7.50. The third-order valence-corrected chi connectivity index (χ3v) is 6.21. The summed E-state index contributed by atoms with van der Waals surface area (Å²) < 4.78 is 14.7. The molecule has 158 valence electrons. The van der Waals surface area contributed by atoms with E-state index in [1.54, 1.807) is 35.9 Å². The van der Waals surface area contributed by atoms with Crippen LogP contribution in [0.5, 0.6) is 0 Å². The molecule has 2 heterocycles. The molecule has 0 saturated carbocycles. The molecule has 6 nitrogen and oxygen atoms in total. The van der Waals surface area contributed by atoms with Crippen LogP contribution in [-0.4, -0.2) is 25.9 Å². The number of benzene rings is 2. The van der Waals surface area contributed by atoms with Gasteiger partial charge in [0.25, 0.3) is 5.91 Å². The van der Waals surface area contributed by atoms with Crippen LogP contribution >= 0.6 is 22.9 Å². The van der Waals surface area contributed by atoms with Crippen molar-refractivity contribution in [1.82, 2.24) is 20.0 Å². The first-order valence-electron chi connectivity index (χ1n) is 9.52. The number of aryl methyl sites for hydroxylation is 2. The molecule has 0 atom stereocenters. The second kappa shape index (κ2) is 8.56. The Morgan fingerprint density at radius 1 is 1.16 bits per heavy atom. The average molecular weight is 456 g/mol. The maximum Gasteiger partial charge on any atom is 0.279 e. The van der Waals surface area contributed by atoms with Crippen molar-refractivity contribution in [1.29, 1.82) is 0 Å². The van der Waals surface area contributed by atoms with Gasteiger partial charge < -0.3 is 0 Å². The van der Waals surface area contributed by atoms with E-state index < -0.39 is 0 Å². The molecule has 0 unspecified atom stereocenters. The zero-order valence-corrected chi connectivity index (χ0v) is 18.7. The maximum atomic E-state index is 13.1. The van der Waals surface area contributed by atoms with Crippen molar-refractivity contribution in [3.05, 3.63) is 86.4 Å². The summed E-state index contributed by atoms with van der Waals surface area (Å²) in [6.45, 7) is 5.60. The van der Waals surface area contributed by atoms with E-state index >= 15 is 0 Å². The molecular formula is C22H19ClFN5OS. The summed E-state index contributed by atoms with van der Waals surface area (Å²) in [6, 6.07) is 11.8. The molecule has 2 aromatic heterocycles. The van der Waals surface area contributed by atoms with Crippen molar-refractivity contribution >= 4 is 34.0 Å². The highest BCUT2D eigenvalue weighted by atomic mass is 35.5. The number of nitrogens with one attached hydrogen (secondary N) is 1. The number of halogens is 2. The topological polar surface area (TPSA) is 72.7 Å². The Morgan fingerprint density at radius 3 is 2.65 bits per heavy atom. The zero-order chi connectivity index (χ0) is 22.1. The summed E-state index contributed by atoms with van der Waals surface area (Å²) in [5.74, 6) is -0.653. The van der Waals surface area contributed by atoms with Crippen LogP contribution in [0.25, 0.3) is 5.69 Å². The number of carbonyl (C=O) groups excluding carboxylic acids is 1. The Labute approximate surface area is 187 Å². The average Bonchev–Trinajstić information content (AvgIpc) is 3.27. The van der Waals surface area contributed by atoms with Crippen molar-refractivity contribution in [2.75, 3.05) is 5.32 Å². The molecule has 4 aromatic rings. The van der Waals surface area contributed by atoms with Gasteiger partial charge in [-0.15, -0.1) is 16.4 Å². The molecule has 0 radical (unpaired) electrons. The van der Waals surface area contributed by atoms with Crippen molar-refractivity contribution in [2.24, 2.45) is 0 Å². The minimum Gasteiger partial charge on any atom is -0.296 e. The normalized spacial score (nSPS) is 11.0. The van der Waals surface area contributed by atoms with Gasteiger partial charge in [0, 0.05) is 16.3 Å². The van der Waals surface area contributed by atoms with Crippen LogP contribution in [0.2, 0.25) is 5.02 Å². The molecule has 31 heavy (non-hydrogen) atoms. The lowest BCUT2D eigenvalue weighted by atomic mass is 10.1. The number of hydrogen-bond donors (Lipinski definition) is 1. The SMILES string of the molecule is Cc1ccc(Cl)cc1-n1nnc(C(=O)Nc2nc(C)c(Cc3ccc(F)cc3)s2)c1C. The lowest BCUT2D eigenvalue weighted by Gasteiger charge is -2.07. The Balaban J connectivity index is 1.53. The standard InChI is InChI=1S/C22H19ClFN5OS/c1-12-4-7-16(23)11-18(12)29-14(3)20(27-28-29)21(30)26-22-25-13(2)19(31-22)10-15-5-8-17(24)9-6-15/h4-9,11H,10H2,1-3H3,(H,25,26,30). The van der Waals surface area contributed by atoms with E-state index in [0.717, 1.165) is 27.4 Å². The van der Waals surface area contributed by atoms with Gasteiger partial charge in [0.2, 0.25) is 0 Å². The number of amides is 1. The number of nitrogens with zero attached hydrogens (tertiary/aromatic N) is 4. The van der Waals surface area contributed by atoms with Gasteiger partial charge in [-0.2, -0.15) is 0 Å². The second-order valence-corrected chi connectivity index (χ2v) is 8.67. The van der Waals surface area contributed by atoms with E-state index in [2.05, 4.69) is 20.6 Å². The lowest BCUT2D eigenvalue weighted by Crippen LogP contribution is -2.14. The van der Waals surface area contributed by atoms with Gasteiger partial charge in [0.15, 0.2) is 10.8 Å². The van der Waals surface area contributed by atoms with E-state index in [-0.39, 0.29) is 17.4 Å². The fourth-order valence-corrected chi connectivity index (χ4v) is 4.33. The van der Waals surface area contributed by atoms with Crippen LogP contribution in [0.1, 0.15) is 37.9 Å². The predicted octanol–water partition coefficient (Wildman–Crippen LogP) is 5.28. The number of thiazole rings is 1. The van der Waals surface area contributed by atoms with Gasteiger partial charge in [0.05, 0.1) is 17.1 Å². The Bertz CT molecular complexity index is 1270. The molecule has 0 bridgehead atoms. The molecule has 4 rings (SSSR count). The van der Waals surface area contributed by atoms with Gasteiger partial charge in [0.1, 0.15) is 5.82 Å². The summed E-state index contributed by atoms with van der Waals surface area (Å²) in [6.07, 6.45) is 0.614. The van der Waals surface area contributed by atoms with E-state index in [4.69, 9.17) is 11.6 Å². The van der Waals surface area contributed by atoms with Gasteiger partial charge in [-0.05, 0) is 56.2 Å². The molecule has 9 heteroatoms. The molecule has 0 aliphatic heterocycles. The largest absolute Gasteiger partial charge is 0.296 e. The molecule has 0 spiro atoms. The van der Waals surface area contributed by atoms with Crippen LogP contribution in [0.3, 0.4) is 0 Å². The quantitative estimate of drug-likeness (QED) is 0.444. The van der Waals surface area contributed by atoms with Crippen molar-refractivity contribution in [3.63, 3.8) is 0 Å². The van der Waals surface area contributed by atoms with E-state index in [1.165, 1.54) is 23.5 Å². The molecular weight excluding hydrogens is 437 g/mol. The summed E-state index contributed by atoms with van der Waals surface area (Å²) in [4.78, 5) is 18.3. The van der Waals surface area contributed by atoms with Gasteiger partial charge in [-0.25, -0.2) is 14.1 Å². The maximum absolute atomic E-state index is 13.1. The minimum atomic E-state index is -0.384. The highest BCUT2D eigenvalue weighted by Gasteiger charge is 2.20. The van der Waals surface area contributed by atoms with Gasteiger partial charge in [-0.1, -0.05) is 35.0 Å². The summed E-state index contributed by atoms with van der Waals surface area (Å²) in [5.41, 5.74) is 4.34. The highest BCUT2D eigenvalue weighted by molar-refractivity contribution is 7.15. The third kappa shape index (κ3) is 4.50. The number of hydrogen-bond acceptors (Lipinski definition) is 5.